The van der Waals surface area contributed by atoms with E-state index in [0.717, 1.165) is 17.1 Å². The minimum Gasteiger partial charge on any atom is -0.492 e. The molecule has 152 valence electrons. The smallest absolute Gasteiger partial charge is 0.330 e. The van der Waals surface area contributed by atoms with Gasteiger partial charge >= 0.3 is 5.97 Å². The minimum atomic E-state index is -0.989. The van der Waals surface area contributed by atoms with E-state index in [1.165, 1.54) is 0 Å². The van der Waals surface area contributed by atoms with Gasteiger partial charge in [0.15, 0.2) is 0 Å². The third kappa shape index (κ3) is 4.77. The van der Waals surface area contributed by atoms with E-state index >= 15 is 0 Å². The molecule has 3 rings (SSSR count). The van der Waals surface area contributed by atoms with Crippen LogP contribution in [-0.2, 0) is 16.8 Å². The average Bonchev–Trinajstić information content (AvgIpc) is 3.29. The van der Waals surface area contributed by atoms with Gasteiger partial charge in [0.25, 0.3) is 0 Å². The van der Waals surface area contributed by atoms with Crippen LogP contribution in [-0.4, -0.2) is 40.8 Å². The number of aliphatic carboxylic acids is 1. The summed E-state index contributed by atoms with van der Waals surface area (Å²) in [6.07, 6.45) is 6.30. The van der Waals surface area contributed by atoms with Crippen LogP contribution < -0.4 is 9.64 Å². The maximum absolute atomic E-state index is 12.1. The number of pyridine rings is 1. The lowest BCUT2D eigenvalue weighted by atomic mass is 9.88. The zero-order valence-corrected chi connectivity index (χ0v) is 16.9. The van der Waals surface area contributed by atoms with Crippen LogP contribution in [0, 0.1) is 0 Å². The molecule has 0 aliphatic rings. The summed E-state index contributed by atoms with van der Waals surface area (Å²) in [5, 5.41) is 9.92. The fraction of sp³-hybridized carbons (Fsp3) is 0.304. The number of aromatic nitrogens is 2. The molecule has 0 aliphatic carbocycles. The summed E-state index contributed by atoms with van der Waals surface area (Å²) in [4.78, 5) is 18.4. The molecule has 6 nitrogen and oxygen atoms in total. The Morgan fingerprint density at radius 2 is 1.86 bits per heavy atom. The number of likely N-dealkylation sites (N-methyl/N-ethyl adjacent to an activating group) is 1. The lowest BCUT2D eigenvalue weighted by Crippen LogP contribution is -2.42. The number of nitrogens with zero attached hydrogens (tertiary/aromatic N) is 3. The fourth-order valence-corrected chi connectivity index (χ4v) is 3.39. The number of hydrogen-bond donors (Lipinski definition) is 1. The number of carboxylic acids is 1. The van der Waals surface area contributed by atoms with E-state index in [2.05, 4.69) is 4.98 Å². The Morgan fingerprint density at radius 1 is 1.14 bits per heavy atom. The van der Waals surface area contributed by atoms with E-state index < -0.39 is 11.5 Å². The van der Waals surface area contributed by atoms with Crippen LogP contribution in [0.25, 0.3) is 0 Å². The maximum Gasteiger partial charge on any atom is 0.330 e. The molecule has 1 unspecified atom stereocenters. The van der Waals surface area contributed by atoms with Crippen LogP contribution in [0.4, 0.5) is 5.82 Å². The summed E-state index contributed by atoms with van der Waals surface area (Å²) in [5.74, 6) is 0.844. The Kier molecular flexibility index (Phi) is 6.54. The van der Waals surface area contributed by atoms with Crippen molar-refractivity contribution in [2.75, 3.05) is 25.1 Å². The molecule has 1 N–H and O–H groups in total. The molecule has 2 heterocycles. The molecular formula is C23H27N3O3. The van der Waals surface area contributed by atoms with Crippen LogP contribution in [0.2, 0.25) is 0 Å². The Hall–Kier alpha value is -3.28. The van der Waals surface area contributed by atoms with Crippen LogP contribution in [0.5, 0.6) is 5.75 Å². The first-order valence-electron chi connectivity index (χ1n) is 9.76. The van der Waals surface area contributed by atoms with E-state index in [9.17, 15) is 9.90 Å². The van der Waals surface area contributed by atoms with Gasteiger partial charge in [0.1, 0.15) is 23.7 Å². The molecule has 0 radical (unpaired) electrons. The highest BCUT2D eigenvalue weighted by molar-refractivity contribution is 5.77. The predicted octanol–water partition coefficient (Wildman–Crippen LogP) is 3.83. The molecule has 1 atom stereocenters. The number of hydrogen-bond acceptors (Lipinski definition) is 4. The SMILES string of the molecule is CCC(Cc1ccc(OCCN(C)c2ccccn2)cc1)(C(=O)O)n1cccc1. The van der Waals surface area contributed by atoms with E-state index in [4.69, 9.17) is 4.74 Å². The summed E-state index contributed by atoms with van der Waals surface area (Å²) in [5.41, 5.74) is -0.0296. The second kappa shape index (κ2) is 9.28. The van der Waals surface area contributed by atoms with Crippen molar-refractivity contribution >= 4 is 11.8 Å². The highest BCUT2D eigenvalue weighted by Crippen LogP contribution is 2.28. The number of ether oxygens (including phenoxy) is 1. The van der Waals surface area contributed by atoms with E-state index in [-0.39, 0.29) is 0 Å². The first-order valence-corrected chi connectivity index (χ1v) is 9.76. The summed E-state index contributed by atoms with van der Waals surface area (Å²) in [6.45, 7) is 3.15. The van der Waals surface area contributed by atoms with Crippen molar-refractivity contribution < 1.29 is 14.6 Å². The number of anilines is 1. The summed E-state index contributed by atoms with van der Waals surface area (Å²) < 4.78 is 7.62. The minimum absolute atomic E-state index is 0.413. The number of rotatable bonds is 10. The summed E-state index contributed by atoms with van der Waals surface area (Å²) in [7, 11) is 1.98. The molecule has 0 fully saturated rings. The number of carboxylic acid groups (broad SMARTS) is 1. The van der Waals surface area contributed by atoms with Gasteiger partial charge in [-0.1, -0.05) is 25.1 Å². The van der Waals surface area contributed by atoms with E-state index in [1.54, 1.807) is 10.8 Å². The molecule has 0 bridgehead atoms. The summed E-state index contributed by atoms with van der Waals surface area (Å²) in [6, 6.07) is 17.2. The second-order valence-corrected chi connectivity index (χ2v) is 7.06. The molecule has 29 heavy (non-hydrogen) atoms. The molecule has 0 aliphatic heterocycles. The van der Waals surface area contributed by atoms with Gasteiger partial charge in [-0.25, -0.2) is 9.78 Å². The van der Waals surface area contributed by atoms with Crippen LogP contribution in [0.3, 0.4) is 0 Å². The molecule has 3 aromatic rings. The number of benzene rings is 1. The summed E-state index contributed by atoms with van der Waals surface area (Å²) >= 11 is 0. The first-order chi connectivity index (χ1) is 14.0. The molecule has 2 aromatic heterocycles. The van der Waals surface area contributed by atoms with Crippen molar-refractivity contribution in [3.05, 3.63) is 78.8 Å². The van der Waals surface area contributed by atoms with Gasteiger partial charge in [-0.15, -0.1) is 0 Å². The van der Waals surface area contributed by atoms with Gasteiger partial charge in [-0.2, -0.15) is 0 Å². The zero-order valence-electron chi connectivity index (χ0n) is 16.9. The molecule has 0 spiro atoms. The van der Waals surface area contributed by atoms with Gasteiger partial charge in [-0.05, 0) is 48.4 Å². The standard InChI is InChI=1S/C23H27N3O3/c1-3-23(22(27)28,26-14-6-7-15-26)18-19-9-11-20(12-10-19)29-17-16-25(2)21-8-4-5-13-24-21/h4-15H,3,16-18H2,1-2H3,(H,27,28). The third-order valence-electron chi connectivity index (χ3n) is 5.24. The van der Waals surface area contributed by atoms with Gasteiger partial charge in [0.05, 0.1) is 6.54 Å². The number of carbonyl (C=O) groups is 1. The van der Waals surface area contributed by atoms with Crippen molar-refractivity contribution in [1.82, 2.24) is 9.55 Å². The Balaban J connectivity index is 1.60. The highest BCUT2D eigenvalue weighted by atomic mass is 16.5. The highest BCUT2D eigenvalue weighted by Gasteiger charge is 2.38. The van der Waals surface area contributed by atoms with Crippen molar-refractivity contribution in [2.45, 2.75) is 25.3 Å². The van der Waals surface area contributed by atoms with Crippen molar-refractivity contribution in [1.29, 1.82) is 0 Å². The maximum atomic E-state index is 12.1. The monoisotopic (exact) mass is 393 g/mol. The van der Waals surface area contributed by atoms with Gasteiger partial charge in [0.2, 0.25) is 0 Å². The molecule has 6 heteroatoms. The Bertz CT molecular complexity index is 895. The van der Waals surface area contributed by atoms with Gasteiger partial charge in [-0.3, -0.25) is 0 Å². The molecule has 1 aromatic carbocycles. The van der Waals surface area contributed by atoms with Gasteiger partial charge in [0, 0.05) is 32.1 Å². The zero-order chi connectivity index (χ0) is 20.7. The third-order valence-corrected chi connectivity index (χ3v) is 5.24. The molecule has 0 amide bonds. The lowest BCUT2D eigenvalue weighted by molar-refractivity contribution is -0.147. The largest absolute Gasteiger partial charge is 0.492 e. The molecule has 0 saturated carbocycles. The van der Waals surface area contributed by atoms with Crippen molar-refractivity contribution in [3.63, 3.8) is 0 Å². The molecule has 0 saturated heterocycles. The Morgan fingerprint density at radius 3 is 2.45 bits per heavy atom. The fourth-order valence-electron chi connectivity index (χ4n) is 3.39. The van der Waals surface area contributed by atoms with Crippen LogP contribution in [0.15, 0.2) is 73.2 Å². The van der Waals surface area contributed by atoms with Crippen LogP contribution in [0.1, 0.15) is 18.9 Å². The quantitative estimate of drug-likeness (QED) is 0.567. The average molecular weight is 393 g/mol. The first kappa shape index (κ1) is 20.5. The topological polar surface area (TPSA) is 67.6 Å². The molecular weight excluding hydrogens is 366 g/mol. The predicted molar refractivity (Wildman–Crippen MR) is 113 cm³/mol. The lowest BCUT2D eigenvalue weighted by Gasteiger charge is -2.30. The second-order valence-electron chi connectivity index (χ2n) is 7.06. The van der Waals surface area contributed by atoms with E-state index in [0.29, 0.717) is 26.0 Å². The normalized spacial score (nSPS) is 12.9. The van der Waals surface area contributed by atoms with Crippen molar-refractivity contribution in [2.24, 2.45) is 0 Å². The Labute approximate surface area is 171 Å². The van der Waals surface area contributed by atoms with E-state index in [1.807, 2.05) is 85.9 Å². The van der Waals surface area contributed by atoms with Gasteiger partial charge < -0.3 is 19.3 Å². The van der Waals surface area contributed by atoms with Crippen LogP contribution >= 0.6 is 0 Å². The van der Waals surface area contributed by atoms with Crippen molar-refractivity contribution in [3.8, 4) is 5.75 Å².